The number of hydrogen-bond acceptors (Lipinski definition) is 8. The molecule has 9 heteroatoms. The van der Waals surface area contributed by atoms with Crippen LogP contribution < -0.4 is 20.5 Å². The van der Waals surface area contributed by atoms with Gasteiger partial charge in [0.25, 0.3) is 0 Å². The summed E-state index contributed by atoms with van der Waals surface area (Å²) in [6.45, 7) is 4.03. The molecular formula is C25H29N7O2. The van der Waals surface area contributed by atoms with E-state index >= 15 is 0 Å². The Hall–Kier alpha value is -3.85. The number of nitrogens with zero attached hydrogens (tertiary/aromatic N) is 5. The van der Waals surface area contributed by atoms with Crippen LogP contribution in [0.3, 0.4) is 0 Å². The average molecular weight is 460 g/mol. The summed E-state index contributed by atoms with van der Waals surface area (Å²) in [5, 5.41) is 8.83. The third kappa shape index (κ3) is 4.34. The fraction of sp³-hybridized carbons (Fsp3) is 0.320. The Morgan fingerprint density at radius 3 is 2.21 bits per heavy atom. The van der Waals surface area contributed by atoms with Crippen LogP contribution >= 0.6 is 0 Å². The molecule has 0 saturated carbocycles. The molecule has 1 fully saturated rings. The van der Waals surface area contributed by atoms with Crippen molar-refractivity contribution >= 4 is 22.8 Å². The highest BCUT2D eigenvalue weighted by molar-refractivity contribution is 5.99. The zero-order valence-electron chi connectivity index (χ0n) is 19.5. The Morgan fingerprint density at radius 1 is 0.912 bits per heavy atom. The van der Waals surface area contributed by atoms with Gasteiger partial charge < -0.3 is 25.4 Å². The largest absolute Gasteiger partial charge is 0.497 e. The van der Waals surface area contributed by atoms with Crippen LogP contribution in [0.25, 0.3) is 28.0 Å². The molecule has 3 heterocycles. The number of anilines is 2. The molecular weight excluding hydrogens is 430 g/mol. The lowest BCUT2D eigenvalue weighted by Crippen LogP contribution is -2.26. The summed E-state index contributed by atoms with van der Waals surface area (Å²) in [4.78, 5) is 12.0. The lowest BCUT2D eigenvalue weighted by molar-refractivity contribution is 0.352. The minimum atomic E-state index is 0.481. The van der Waals surface area contributed by atoms with Gasteiger partial charge in [-0.3, -0.25) is 0 Å². The van der Waals surface area contributed by atoms with E-state index in [9.17, 15) is 0 Å². The van der Waals surface area contributed by atoms with E-state index in [4.69, 9.17) is 30.3 Å². The van der Waals surface area contributed by atoms with E-state index < -0.39 is 0 Å². The van der Waals surface area contributed by atoms with Gasteiger partial charge >= 0.3 is 0 Å². The minimum Gasteiger partial charge on any atom is -0.497 e. The Labute approximate surface area is 198 Å². The van der Waals surface area contributed by atoms with Gasteiger partial charge in [0.1, 0.15) is 17.3 Å². The van der Waals surface area contributed by atoms with Crippen LogP contribution in [0.2, 0.25) is 0 Å². The van der Waals surface area contributed by atoms with Crippen molar-refractivity contribution in [3.05, 3.63) is 48.5 Å². The standard InChI is InChI=1S/C25H29N7O2/c1-33-19-9-5-17(6-10-19)22-21-23(26)32(18-7-11-20(34-2)12-8-18)30-24(21)29-25(28-22)27-13-16-31-14-3-4-15-31/h5-12H,3-4,13-16,26H2,1-2H3,(H,27,29,30). The van der Waals surface area contributed by atoms with Crippen molar-refractivity contribution < 1.29 is 9.47 Å². The van der Waals surface area contributed by atoms with Crippen molar-refractivity contribution in [3.63, 3.8) is 0 Å². The number of ether oxygens (including phenoxy) is 2. The van der Waals surface area contributed by atoms with Crippen molar-refractivity contribution in [2.45, 2.75) is 12.8 Å². The summed E-state index contributed by atoms with van der Waals surface area (Å²) in [7, 11) is 3.29. The molecule has 0 unspecified atom stereocenters. The summed E-state index contributed by atoms with van der Waals surface area (Å²) >= 11 is 0. The highest BCUT2D eigenvalue weighted by atomic mass is 16.5. The van der Waals surface area contributed by atoms with E-state index in [1.807, 2.05) is 48.5 Å². The lowest BCUT2D eigenvalue weighted by Gasteiger charge is -2.15. The van der Waals surface area contributed by atoms with Crippen molar-refractivity contribution in [1.82, 2.24) is 24.6 Å². The molecule has 34 heavy (non-hydrogen) atoms. The van der Waals surface area contributed by atoms with E-state index in [1.165, 1.54) is 12.8 Å². The Morgan fingerprint density at radius 2 is 1.56 bits per heavy atom. The molecule has 3 N–H and O–H groups in total. The summed E-state index contributed by atoms with van der Waals surface area (Å²) in [5.74, 6) is 2.56. The van der Waals surface area contributed by atoms with Gasteiger partial charge in [-0.15, -0.1) is 5.10 Å². The van der Waals surface area contributed by atoms with Crippen LogP contribution in [0.5, 0.6) is 11.5 Å². The van der Waals surface area contributed by atoms with E-state index in [0.29, 0.717) is 22.8 Å². The molecule has 176 valence electrons. The lowest BCUT2D eigenvalue weighted by atomic mass is 10.1. The van der Waals surface area contributed by atoms with Crippen LogP contribution in [0.15, 0.2) is 48.5 Å². The highest BCUT2D eigenvalue weighted by Crippen LogP contribution is 2.33. The first-order valence-electron chi connectivity index (χ1n) is 11.5. The number of methoxy groups -OCH3 is 2. The van der Waals surface area contributed by atoms with Crippen LogP contribution in [-0.4, -0.2) is 65.0 Å². The van der Waals surface area contributed by atoms with Crippen molar-refractivity contribution in [2.75, 3.05) is 51.4 Å². The van der Waals surface area contributed by atoms with Gasteiger partial charge in [0.15, 0.2) is 5.65 Å². The Bertz CT molecular complexity index is 1260. The van der Waals surface area contributed by atoms with Crippen molar-refractivity contribution in [1.29, 1.82) is 0 Å². The summed E-state index contributed by atoms with van der Waals surface area (Å²) in [5.41, 5.74) is 9.61. The third-order valence-electron chi connectivity index (χ3n) is 6.16. The second-order valence-electron chi connectivity index (χ2n) is 8.29. The summed E-state index contributed by atoms with van der Waals surface area (Å²) in [6.07, 6.45) is 2.54. The van der Waals surface area contributed by atoms with E-state index in [2.05, 4.69) is 10.2 Å². The third-order valence-corrected chi connectivity index (χ3v) is 6.16. The molecule has 9 nitrogen and oxygen atoms in total. The van der Waals surface area contributed by atoms with Gasteiger partial charge in [0.05, 0.1) is 31.0 Å². The molecule has 0 bridgehead atoms. The molecule has 0 amide bonds. The van der Waals surface area contributed by atoms with E-state index in [1.54, 1.807) is 18.9 Å². The number of hydrogen-bond donors (Lipinski definition) is 2. The van der Waals surface area contributed by atoms with Crippen molar-refractivity contribution in [2.24, 2.45) is 0 Å². The first-order valence-corrected chi connectivity index (χ1v) is 11.5. The van der Waals surface area contributed by atoms with Gasteiger partial charge in [-0.05, 0) is 74.5 Å². The number of fused-ring (bicyclic) bond motifs is 1. The molecule has 1 saturated heterocycles. The highest BCUT2D eigenvalue weighted by Gasteiger charge is 2.20. The molecule has 0 radical (unpaired) electrons. The molecule has 0 atom stereocenters. The number of nitrogens with two attached hydrogens (primary N) is 1. The zero-order chi connectivity index (χ0) is 23.5. The monoisotopic (exact) mass is 459 g/mol. The molecule has 1 aliphatic heterocycles. The topological polar surface area (TPSA) is 103 Å². The van der Waals surface area contributed by atoms with Crippen molar-refractivity contribution in [3.8, 4) is 28.4 Å². The van der Waals surface area contributed by atoms with Crippen LogP contribution in [0, 0.1) is 0 Å². The number of nitrogen functional groups attached to an aromatic ring is 1. The molecule has 0 spiro atoms. The number of rotatable bonds is 8. The minimum absolute atomic E-state index is 0.481. The SMILES string of the molecule is COc1ccc(-c2nc(NCCN3CCCC3)nc3nn(-c4ccc(OC)cc4)c(N)c23)cc1. The number of likely N-dealkylation sites (tertiary alicyclic amines) is 1. The quantitative estimate of drug-likeness (QED) is 0.412. The fourth-order valence-electron chi connectivity index (χ4n) is 4.30. The normalized spacial score (nSPS) is 13.9. The maximum Gasteiger partial charge on any atom is 0.225 e. The molecule has 5 rings (SSSR count). The van der Waals surface area contributed by atoms with Gasteiger partial charge in [0.2, 0.25) is 5.95 Å². The molecule has 1 aliphatic rings. The summed E-state index contributed by atoms with van der Waals surface area (Å²) in [6, 6.07) is 15.3. The maximum absolute atomic E-state index is 6.61. The number of aromatic nitrogens is 4. The molecule has 2 aromatic heterocycles. The predicted molar refractivity (Wildman–Crippen MR) is 134 cm³/mol. The fourth-order valence-corrected chi connectivity index (χ4v) is 4.30. The molecule has 0 aliphatic carbocycles. The van der Waals surface area contributed by atoms with E-state index in [-0.39, 0.29) is 0 Å². The Kier molecular flexibility index (Phi) is 6.18. The van der Waals surface area contributed by atoms with Gasteiger partial charge in [-0.1, -0.05) is 0 Å². The number of benzene rings is 2. The van der Waals surface area contributed by atoms with Gasteiger partial charge in [-0.25, -0.2) is 9.67 Å². The van der Waals surface area contributed by atoms with Gasteiger partial charge in [0, 0.05) is 18.7 Å². The first-order chi connectivity index (χ1) is 16.7. The van der Waals surface area contributed by atoms with Crippen LogP contribution in [-0.2, 0) is 0 Å². The van der Waals surface area contributed by atoms with Crippen LogP contribution in [0.1, 0.15) is 12.8 Å². The second-order valence-corrected chi connectivity index (χ2v) is 8.29. The van der Waals surface area contributed by atoms with Crippen LogP contribution in [0.4, 0.5) is 11.8 Å². The van der Waals surface area contributed by atoms with Gasteiger partial charge in [-0.2, -0.15) is 4.98 Å². The molecule has 2 aromatic carbocycles. The average Bonchev–Trinajstić information content (AvgIpc) is 3.52. The second kappa shape index (κ2) is 9.56. The predicted octanol–water partition coefficient (Wildman–Crippen LogP) is 3.59. The number of nitrogens with one attached hydrogen (secondary N) is 1. The Balaban J connectivity index is 1.55. The molecule has 4 aromatic rings. The zero-order valence-corrected chi connectivity index (χ0v) is 19.5. The maximum atomic E-state index is 6.61. The summed E-state index contributed by atoms with van der Waals surface area (Å²) < 4.78 is 12.3. The van der Waals surface area contributed by atoms with E-state index in [0.717, 1.165) is 54.6 Å². The smallest absolute Gasteiger partial charge is 0.225 e. The first kappa shape index (κ1) is 22.0.